The molecule has 0 saturated heterocycles. The van der Waals surface area contributed by atoms with Crippen molar-refractivity contribution >= 4 is 32.2 Å². The number of aromatic nitrogens is 3. The third kappa shape index (κ3) is 3.43. The van der Waals surface area contributed by atoms with Crippen LogP contribution in [0.4, 0.5) is 0 Å². The fourth-order valence-corrected chi connectivity index (χ4v) is 3.50. The van der Waals surface area contributed by atoms with Crippen molar-refractivity contribution in [1.82, 2.24) is 19.5 Å². The molecule has 3 rings (SSSR count). The minimum atomic E-state index is -0.124. The monoisotopic (exact) mass is 378 g/mol. The van der Waals surface area contributed by atoms with Crippen molar-refractivity contribution in [1.29, 1.82) is 0 Å². The van der Waals surface area contributed by atoms with E-state index in [-0.39, 0.29) is 5.56 Å². The highest BCUT2D eigenvalue weighted by Gasteiger charge is 2.10. The first-order chi connectivity index (χ1) is 10.5. The summed E-state index contributed by atoms with van der Waals surface area (Å²) in [6.07, 6.45) is 0. The van der Waals surface area contributed by atoms with Crippen LogP contribution in [0.25, 0.3) is 4.96 Å². The summed E-state index contributed by atoms with van der Waals surface area (Å²) >= 11 is 4.89. The van der Waals surface area contributed by atoms with Crippen LogP contribution in [0.2, 0.25) is 0 Å². The minimum Gasteiger partial charge on any atom is -0.295 e. The van der Waals surface area contributed by atoms with E-state index >= 15 is 0 Å². The molecule has 114 valence electrons. The fourth-order valence-electron chi connectivity index (χ4n) is 2.21. The first kappa shape index (κ1) is 15.3. The molecule has 2 aromatic heterocycles. The van der Waals surface area contributed by atoms with Crippen LogP contribution in [-0.4, -0.2) is 26.5 Å². The molecule has 0 atom stereocenters. The van der Waals surface area contributed by atoms with E-state index in [4.69, 9.17) is 0 Å². The number of nitrogens with zero attached hydrogens (tertiary/aromatic N) is 4. The van der Waals surface area contributed by atoms with Gasteiger partial charge in [-0.15, -0.1) is 0 Å². The van der Waals surface area contributed by atoms with Crippen LogP contribution in [0.3, 0.4) is 0 Å². The summed E-state index contributed by atoms with van der Waals surface area (Å²) in [7, 11) is 2.04. The molecule has 7 heteroatoms. The normalized spacial score (nSPS) is 11.5. The molecule has 0 amide bonds. The second kappa shape index (κ2) is 6.28. The lowest BCUT2D eigenvalue weighted by Gasteiger charge is -2.14. The molecule has 0 bridgehead atoms. The molecule has 0 spiro atoms. The van der Waals surface area contributed by atoms with E-state index in [0.717, 1.165) is 21.7 Å². The predicted molar refractivity (Wildman–Crippen MR) is 91.2 cm³/mol. The smallest absolute Gasteiger partial charge is 0.275 e. The molecule has 0 saturated carbocycles. The maximum atomic E-state index is 11.9. The summed E-state index contributed by atoms with van der Waals surface area (Å²) in [6.45, 7) is 3.33. The molecule has 0 aliphatic heterocycles. The van der Waals surface area contributed by atoms with Gasteiger partial charge in [0.05, 0.1) is 6.54 Å². The van der Waals surface area contributed by atoms with Crippen LogP contribution < -0.4 is 5.56 Å². The highest BCUT2D eigenvalue weighted by molar-refractivity contribution is 9.10. The van der Waals surface area contributed by atoms with Gasteiger partial charge in [-0.25, -0.2) is 4.98 Å². The van der Waals surface area contributed by atoms with Gasteiger partial charge in [0.15, 0.2) is 0 Å². The maximum Gasteiger partial charge on any atom is 0.275 e. The third-order valence-corrected chi connectivity index (χ3v) is 4.61. The zero-order chi connectivity index (χ0) is 15.7. The molecule has 0 unspecified atom stereocenters. The van der Waals surface area contributed by atoms with Crippen LogP contribution in [0.5, 0.6) is 0 Å². The Morgan fingerprint density at radius 1 is 1.27 bits per heavy atom. The molecular weight excluding hydrogens is 364 g/mol. The van der Waals surface area contributed by atoms with Gasteiger partial charge in [-0.05, 0) is 31.7 Å². The van der Waals surface area contributed by atoms with Gasteiger partial charge in [0.1, 0.15) is 5.01 Å². The Balaban J connectivity index is 1.76. The SMILES string of the molecule is Cc1cc(=O)n2nc(CN(C)Cc3ccc(Br)cc3)sc2n1. The summed E-state index contributed by atoms with van der Waals surface area (Å²) in [4.78, 5) is 19.0. The van der Waals surface area contributed by atoms with Gasteiger partial charge in [-0.3, -0.25) is 9.69 Å². The topological polar surface area (TPSA) is 50.5 Å². The van der Waals surface area contributed by atoms with Gasteiger partial charge < -0.3 is 0 Å². The largest absolute Gasteiger partial charge is 0.295 e. The average Bonchev–Trinajstić information content (AvgIpc) is 2.84. The highest BCUT2D eigenvalue weighted by Crippen LogP contribution is 2.16. The zero-order valence-electron chi connectivity index (χ0n) is 12.3. The summed E-state index contributed by atoms with van der Waals surface area (Å²) in [5, 5.41) is 5.24. The first-order valence-corrected chi connectivity index (χ1v) is 8.41. The van der Waals surface area contributed by atoms with E-state index in [9.17, 15) is 4.79 Å². The minimum absolute atomic E-state index is 0.124. The van der Waals surface area contributed by atoms with Crippen molar-refractivity contribution in [2.24, 2.45) is 0 Å². The van der Waals surface area contributed by atoms with E-state index in [2.05, 4.69) is 43.0 Å². The number of halogens is 1. The van der Waals surface area contributed by atoms with Gasteiger partial charge in [0, 0.05) is 22.8 Å². The van der Waals surface area contributed by atoms with Gasteiger partial charge in [0.2, 0.25) is 4.96 Å². The number of benzene rings is 1. The third-order valence-electron chi connectivity index (χ3n) is 3.19. The molecule has 5 nitrogen and oxygen atoms in total. The van der Waals surface area contributed by atoms with Crippen LogP contribution in [-0.2, 0) is 13.1 Å². The molecular formula is C15H15BrN4OS. The molecule has 0 radical (unpaired) electrons. The molecule has 2 heterocycles. The average molecular weight is 379 g/mol. The quantitative estimate of drug-likeness (QED) is 0.700. The van der Waals surface area contributed by atoms with Crippen LogP contribution in [0, 0.1) is 6.92 Å². The van der Waals surface area contributed by atoms with E-state index in [1.165, 1.54) is 27.5 Å². The summed E-state index contributed by atoms with van der Waals surface area (Å²) < 4.78 is 2.45. The summed E-state index contributed by atoms with van der Waals surface area (Å²) in [6, 6.07) is 9.75. The molecule has 3 aromatic rings. The number of aryl methyl sites for hydroxylation is 1. The van der Waals surface area contributed by atoms with E-state index in [1.54, 1.807) is 0 Å². The van der Waals surface area contributed by atoms with Crippen LogP contribution in [0.1, 0.15) is 16.3 Å². The zero-order valence-corrected chi connectivity index (χ0v) is 14.7. The lowest BCUT2D eigenvalue weighted by molar-refractivity contribution is 0.317. The van der Waals surface area contributed by atoms with Gasteiger partial charge in [0.25, 0.3) is 5.56 Å². The van der Waals surface area contributed by atoms with Crippen molar-refractivity contribution in [3.05, 3.63) is 61.4 Å². The second-order valence-electron chi connectivity index (χ2n) is 5.22. The van der Waals surface area contributed by atoms with Crippen molar-refractivity contribution in [3.63, 3.8) is 0 Å². The van der Waals surface area contributed by atoms with Crippen molar-refractivity contribution in [3.8, 4) is 0 Å². The first-order valence-electron chi connectivity index (χ1n) is 6.80. The Hall–Kier alpha value is -1.57. The van der Waals surface area contributed by atoms with E-state index in [1.807, 2.05) is 26.1 Å². The van der Waals surface area contributed by atoms with Crippen molar-refractivity contribution < 1.29 is 0 Å². The maximum absolute atomic E-state index is 11.9. The molecule has 1 aromatic carbocycles. The highest BCUT2D eigenvalue weighted by atomic mass is 79.9. The molecule has 0 fully saturated rings. The number of rotatable bonds is 4. The molecule has 0 aliphatic rings. The Kier molecular flexibility index (Phi) is 4.37. The molecule has 22 heavy (non-hydrogen) atoms. The molecule has 0 aliphatic carbocycles. The van der Waals surface area contributed by atoms with Crippen LogP contribution in [0.15, 0.2) is 39.6 Å². The molecule has 0 N–H and O–H groups in total. The fraction of sp³-hybridized carbons (Fsp3) is 0.267. The van der Waals surface area contributed by atoms with Crippen molar-refractivity contribution in [2.45, 2.75) is 20.0 Å². The Morgan fingerprint density at radius 2 is 2.00 bits per heavy atom. The lowest BCUT2D eigenvalue weighted by atomic mass is 10.2. The Labute approximate surface area is 140 Å². The lowest BCUT2D eigenvalue weighted by Crippen LogP contribution is -2.18. The standard InChI is InChI=1S/C15H15BrN4OS/c1-10-7-14(21)20-15(17-10)22-13(18-20)9-19(2)8-11-3-5-12(16)6-4-11/h3-7H,8-9H2,1-2H3. The van der Waals surface area contributed by atoms with Gasteiger partial charge in [-0.1, -0.05) is 39.4 Å². The summed E-state index contributed by atoms with van der Waals surface area (Å²) in [5.74, 6) is 0. The van der Waals surface area contributed by atoms with Crippen LogP contribution >= 0.6 is 27.3 Å². The number of hydrogen-bond acceptors (Lipinski definition) is 5. The number of hydrogen-bond donors (Lipinski definition) is 0. The second-order valence-corrected chi connectivity index (χ2v) is 7.18. The summed E-state index contributed by atoms with van der Waals surface area (Å²) in [5.41, 5.74) is 1.84. The van der Waals surface area contributed by atoms with E-state index < -0.39 is 0 Å². The Morgan fingerprint density at radius 3 is 2.73 bits per heavy atom. The van der Waals surface area contributed by atoms with Gasteiger partial charge in [-0.2, -0.15) is 9.61 Å². The van der Waals surface area contributed by atoms with E-state index in [0.29, 0.717) is 11.5 Å². The van der Waals surface area contributed by atoms with Gasteiger partial charge >= 0.3 is 0 Å². The number of fused-ring (bicyclic) bond motifs is 1. The Bertz CT molecular complexity index is 856. The predicted octanol–water partition coefficient (Wildman–Crippen LogP) is 2.85. The van der Waals surface area contributed by atoms with Crippen molar-refractivity contribution in [2.75, 3.05) is 7.05 Å².